The summed E-state index contributed by atoms with van der Waals surface area (Å²) in [4.78, 5) is 51.0. The van der Waals surface area contributed by atoms with Crippen molar-refractivity contribution >= 4 is 40.4 Å². The Balaban J connectivity index is 0.00000272. The van der Waals surface area contributed by atoms with Gasteiger partial charge in [-0.25, -0.2) is 28.1 Å². The van der Waals surface area contributed by atoms with Crippen molar-refractivity contribution in [2.75, 3.05) is 12.3 Å². The van der Waals surface area contributed by atoms with Crippen LogP contribution >= 0.6 is 23.5 Å². The third-order valence-corrected chi connectivity index (χ3v) is 7.53. The Kier molecular flexibility index (Phi) is 11.3. The predicted molar refractivity (Wildman–Crippen MR) is 91.0 cm³/mol. The van der Waals surface area contributed by atoms with E-state index in [-0.39, 0.29) is 76.1 Å². The first kappa shape index (κ1) is 31.7. The first-order valence-electron chi connectivity index (χ1n) is 7.88. The summed E-state index contributed by atoms with van der Waals surface area (Å²) in [5, 5.41) is 20.4. The SMILES string of the molecule is Nc1ncnc2c1ncn2C1OC(COP(=O)(O)OP(=O)([O-])OP(=O)([O-])O)C(O)C1O.[Na+].[Na+]. The van der Waals surface area contributed by atoms with Gasteiger partial charge in [0.05, 0.1) is 12.9 Å². The van der Waals surface area contributed by atoms with Crippen LogP contribution in [0.5, 0.6) is 0 Å². The van der Waals surface area contributed by atoms with E-state index in [1.54, 1.807) is 0 Å². The molecule has 7 unspecified atom stereocenters. The van der Waals surface area contributed by atoms with Crippen LogP contribution in [0.1, 0.15) is 6.23 Å². The molecule has 1 saturated heterocycles. The molecule has 1 aliphatic heterocycles. The van der Waals surface area contributed by atoms with E-state index in [1.165, 1.54) is 10.9 Å². The second-order valence-corrected chi connectivity index (χ2v) is 10.3. The van der Waals surface area contributed by atoms with Crippen molar-refractivity contribution in [3.8, 4) is 0 Å². The Morgan fingerprint density at radius 2 is 1.73 bits per heavy atom. The molecule has 7 atom stereocenters. The van der Waals surface area contributed by atoms with Crippen LogP contribution < -0.4 is 74.6 Å². The van der Waals surface area contributed by atoms with Crippen LogP contribution in [0.2, 0.25) is 0 Å². The Hall–Kier alpha value is 0.640. The van der Waals surface area contributed by atoms with E-state index < -0.39 is 54.6 Å². The number of phosphoric ester groups is 1. The number of rotatable bonds is 8. The normalized spacial score (nSPS) is 28.2. The van der Waals surface area contributed by atoms with Crippen LogP contribution in [0.3, 0.4) is 0 Å². The molecule has 0 aromatic carbocycles. The van der Waals surface area contributed by atoms with Crippen molar-refractivity contribution in [1.29, 1.82) is 0 Å². The number of hydrogen-bond donors (Lipinski definition) is 5. The topological polar surface area (TPSA) is 285 Å². The molecule has 0 bridgehead atoms. The van der Waals surface area contributed by atoms with Crippen LogP contribution in [-0.4, -0.2) is 64.4 Å². The molecule has 18 nitrogen and oxygen atoms in total. The van der Waals surface area contributed by atoms with Crippen LogP contribution in [-0.2, 0) is 31.6 Å². The van der Waals surface area contributed by atoms with Crippen LogP contribution in [0.25, 0.3) is 11.2 Å². The monoisotopic (exact) mass is 551 g/mol. The number of phosphoric acid groups is 3. The quantitative estimate of drug-likeness (QED) is 0.150. The van der Waals surface area contributed by atoms with E-state index in [4.69, 9.17) is 15.4 Å². The number of aliphatic hydroxyl groups is 2. The number of aromatic nitrogens is 4. The van der Waals surface area contributed by atoms with Crippen LogP contribution in [0.4, 0.5) is 5.82 Å². The van der Waals surface area contributed by atoms with E-state index >= 15 is 0 Å². The molecule has 0 amide bonds. The number of ether oxygens (including phenoxy) is 1. The van der Waals surface area contributed by atoms with Crippen molar-refractivity contribution in [3.05, 3.63) is 12.7 Å². The summed E-state index contributed by atoms with van der Waals surface area (Å²) in [7, 11) is -17.4. The molecule has 2 aromatic rings. The average Bonchev–Trinajstić information content (AvgIpc) is 3.13. The molecule has 6 N–H and O–H groups in total. The minimum absolute atomic E-state index is 0. The van der Waals surface area contributed by atoms with Gasteiger partial charge in [-0.15, -0.1) is 0 Å². The minimum atomic E-state index is -6.01. The zero-order valence-corrected chi connectivity index (χ0v) is 23.5. The molecule has 1 aliphatic rings. The number of nitrogens with two attached hydrogens (primary N) is 1. The van der Waals surface area contributed by atoms with Gasteiger partial charge in [-0.3, -0.25) is 18.2 Å². The first-order valence-corrected chi connectivity index (χ1v) is 12.3. The molecule has 3 heterocycles. The number of imidazole rings is 1. The van der Waals surface area contributed by atoms with Crippen LogP contribution in [0, 0.1) is 0 Å². The molecule has 23 heteroatoms. The van der Waals surface area contributed by atoms with Gasteiger partial charge in [-0.2, -0.15) is 0 Å². The zero-order chi connectivity index (χ0) is 23.2. The number of aliphatic hydroxyl groups excluding tert-OH is 2. The standard InChI is InChI=1S/C10H16N5O13P3.2Na/c11-8-5-9(13-2-12-8)15(3-14-5)10-7(17)6(16)4(26-10)1-25-30(21,22)28-31(23,24)27-29(18,19)20;;/h2-4,6-7,10,16-17H,1H2,(H,21,22)(H,23,24)(H2,11,12,13)(H2,18,19,20);;/q;2*+1/p-2. The number of nitrogens with zero attached hydrogens (tertiary/aromatic N) is 4. The van der Waals surface area contributed by atoms with Crippen LogP contribution in [0.15, 0.2) is 12.7 Å². The third kappa shape index (κ3) is 8.06. The molecular weight excluding hydrogens is 537 g/mol. The zero-order valence-electron chi connectivity index (χ0n) is 16.8. The van der Waals surface area contributed by atoms with Crippen molar-refractivity contribution in [2.24, 2.45) is 0 Å². The van der Waals surface area contributed by atoms with Crippen molar-refractivity contribution in [2.45, 2.75) is 24.5 Å². The third-order valence-electron chi connectivity index (χ3n) is 3.81. The van der Waals surface area contributed by atoms with Gasteiger partial charge in [0.15, 0.2) is 17.7 Å². The summed E-state index contributed by atoms with van der Waals surface area (Å²) in [5.74, 6) is 0.0322. The van der Waals surface area contributed by atoms with Gasteiger partial charge in [0.1, 0.15) is 30.2 Å². The maximum Gasteiger partial charge on any atom is 1.00 e. The molecule has 174 valence electrons. The van der Waals surface area contributed by atoms with Crippen molar-refractivity contribution in [1.82, 2.24) is 19.5 Å². The summed E-state index contributed by atoms with van der Waals surface area (Å²) in [5.41, 5.74) is 5.97. The second kappa shape index (κ2) is 11.8. The van der Waals surface area contributed by atoms with Gasteiger partial charge in [0.2, 0.25) is 0 Å². The summed E-state index contributed by atoms with van der Waals surface area (Å²) in [6.07, 6.45) is -3.81. The molecule has 2 aromatic heterocycles. The number of nitrogen functional groups attached to an aromatic ring is 1. The van der Waals surface area contributed by atoms with Crippen molar-refractivity contribution in [3.63, 3.8) is 0 Å². The summed E-state index contributed by atoms with van der Waals surface area (Å²) >= 11 is 0. The minimum Gasteiger partial charge on any atom is -0.756 e. The van der Waals surface area contributed by atoms with E-state index in [0.717, 1.165) is 6.33 Å². The summed E-state index contributed by atoms with van der Waals surface area (Å²) < 4.78 is 51.0. The Labute approximate surface area is 228 Å². The van der Waals surface area contributed by atoms with Gasteiger partial charge < -0.3 is 40.3 Å². The van der Waals surface area contributed by atoms with Gasteiger partial charge in [-0.1, -0.05) is 0 Å². The number of hydrogen-bond acceptors (Lipinski definition) is 15. The summed E-state index contributed by atoms with van der Waals surface area (Å²) in [6, 6.07) is 0. The predicted octanol–water partition coefficient (Wildman–Crippen LogP) is -8.89. The molecule has 0 aliphatic carbocycles. The maximum absolute atomic E-state index is 11.7. The largest absolute Gasteiger partial charge is 1.00 e. The maximum atomic E-state index is 11.7. The van der Waals surface area contributed by atoms with E-state index in [9.17, 15) is 38.6 Å². The average molecular weight is 551 g/mol. The molecule has 33 heavy (non-hydrogen) atoms. The fourth-order valence-electron chi connectivity index (χ4n) is 2.61. The molecular formula is C10H14N5Na2O13P3. The van der Waals surface area contributed by atoms with Gasteiger partial charge in [0.25, 0.3) is 15.6 Å². The number of anilines is 1. The Morgan fingerprint density at radius 3 is 2.33 bits per heavy atom. The Bertz CT molecular complexity index is 1120. The molecule has 0 spiro atoms. The smallest absolute Gasteiger partial charge is 0.756 e. The van der Waals surface area contributed by atoms with E-state index in [1.807, 2.05) is 0 Å². The molecule has 0 saturated carbocycles. The summed E-state index contributed by atoms with van der Waals surface area (Å²) in [6.45, 7) is -1.000. The molecule has 0 radical (unpaired) electrons. The van der Waals surface area contributed by atoms with Gasteiger partial charge in [0, 0.05) is 0 Å². The fraction of sp³-hybridized carbons (Fsp3) is 0.500. The van der Waals surface area contributed by atoms with E-state index in [2.05, 4.69) is 28.1 Å². The van der Waals surface area contributed by atoms with Gasteiger partial charge >= 0.3 is 66.9 Å². The fourth-order valence-corrected chi connectivity index (χ4v) is 5.55. The van der Waals surface area contributed by atoms with Gasteiger partial charge in [-0.05, 0) is 0 Å². The second-order valence-electron chi connectivity index (χ2n) is 5.97. The van der Waals surface area contributed by atoms with E-state index in [0.29, 0.717) is 0 Å². The first-order chi connectivity index (χ1) is 14.2. The molecule has 1 fully saturated rings. The van der Waals surface area contributed by atoms with Crippen molar-refractivity contribution < 1.29 is 120 Å². The Morgan fingerprint density at radius 1 is 1.09 bits per heavy atom. The number of fused-ring (bicyclic) bond motifs is 1. The molecule has 3 rings (SSSR count).